The average Bonchev–Trinajstić information content (AvgIpc) is 2.28. The maximum Gasteiger partial charge on any atom is 0.104 e. The van der Waals surface area contributed by atoms with Crippen LogP contribution in [0.25, 0.3) is 0 Å². The van der Waals surface area contributed by atoms with Gasteiger partial charge in [-0.05, 0) is 25.8 Å². The first kappa shape index (κ1) is 15.9. The second kappa shape index (κ2) is 13.0. The van der Waals surface area contributed by atoms with Crippen LogP contribution in [0.1, 0.15) is 78.1 Å². The van der Waals surface area contributed by atoms with Crippen LogP contribution >= 0.6 is 0 Å². The van der Waals surface area contributed by atoms with Crippen LogP contribution in [0.4, 0.5) is 0 Å². The number of hydrogen-bond acceptors (Lipinski definition) is 2. The fourth-order valence-corrected chi connectivity index (χ4v) is 1.84. The van der Waals surface area contributed by atoms with Gasteiger partial charge in [0.2, 0.25) is 0 Å². The highest BCUT2D eigenvalue weighted by atomic mass is 16.3. The Morgan fingerprint density at radius 2 is 1.38 bits per heavy atom. The molecular formula is C14H31NO. The Bertz CT molecular complexity index is 128. The van der Waals surface area contributed by atoms with Gasteiger partial charge in [0, 0.05) is 0 Å². The maximum absolute atomic E-state index is 9.61. The van der Waals surface area contributed by atoms with E-state index in [2.05, 4.69) is 19.2 Å². The molecule has 0 aromatic carbocycles. The highest BCUT2D eigenvalue weighted by Gasteiger charge is 2.01. The zero-order chi connectivity index (χ0) is 12.1. The zero-order valence-electron chi connectivity index (χ0n) is 11.3. The smallest absolute Gasteiger partial charge is 0.104 e. The maximum atomic E-state index is 9.61. The van der Waals surface area contributed by atoms with Crippen LogP contribution in [0, 0.1) is 0 Å². The lowest BCUT2D eigenvalue weighted by Crippen LogP contribution is -2.29. The summed E-state index contributed by atoms with van der Waals surface area (Å²) in [6.45, 7) is 5.37. The standard InChI is InChI=1S/C14H31NO/c1-3-5-7-8-9-10-11-12-14(16)15-13-6-4-2/h14-16H,3-13H2,1-2H3. The van der Waals surface area contributed by atoms with Crippen molar-refractivity contribution in [3.8, 4) is 0 Å². The van der Waals surface area contributed by atoms with Crippen LogP contribution < -0.4 is 5.32 Å². The minimum Gasteiger partial charge on any atom is -0.379 e. The van der Waals surface area contributed by atoms with Gasteiger partial charge in [0.15, 0.2) is 0 Å². The highest BCUT2D eigenvalue weighted by molar-refractivity contribution is 4.54. The minimum atomic E-state index is -0.276. The third kappa shape index (κ3) is 12.0. The van der Waals surface area contributed by atoms with E-state index < -0.39 is 0 Å². The molecule has 0 aliphatic carbocycles. The Hall–Kier alpha value is -0.0800. The van der Waals surface area contributed by atoms with Crippen LogP contribution in [0.15, 0.2) is 0 Å². The third-order valence-electron chi connectivity index (χ3n) is 2.99. The molecule has 2 nitrogen and oxygen atoms in total. The number of nitrogens with one attached hydrogen (secondary N) is 1. The number of aliphatic hydroxyl groups excluding tert-OH is 1. The summed E-state index contributed by atoms with van der Waals surface area (Å²) in [5.41, 5.74) is 0. The fraction of sp³-hybridized carbons (Fsp3) is 1.00. The summed E-state index contributed by atoms with van der Waals surface area (Å²) in [6.07, 6.45) is 12.2. The minimum absolute atomic E-state index is 0.276. The normalized spacial score (nSPS) is 12.9. The van der Waals surface area contributed by atoms with Gasteiger partial charge in [-0.25, -0.2) is 0 Å². The first-order chi connectivity index (χ1) is 7.81. The van der Waals surface area contributed by atoms with Gasteiger partial charge >= 0.3 is 0 Å². The van der Waals surface area contributed by atoms with E-state index in [1.807, 2.05) is 0 Å². The number of rotatable bonds is 12. The molecule has 0 aliphatic heterocycles. The monoisotopic (exact) mass is 229 g/mol. The Labute approximate surface area is 102 Å². The molecule has 0 fully saturated rings. The molecule has 0 bridgehead atoms. The molecule has 0 aromatic rings. The van der Waals surface area contributed by atoms with Gasteiger partial charge in [0.25, 0.3) is 0 Å². The van der Waals surface area contributed by atoms with Gasteiger partial charge in [0.05, 0.1) is 0 Å². The van der Waals surface area contributed by atoms with Gasteiger partial charge in [-0.1, -0.05) is 58.8 Å². The van der Waals surface area contributed by atoms with E-state index in [4.69, 9.17) is 0 Å². The quantitative estimate of drug-likeness (QED) is 0.394. The molecule has 0 spiro atoms. The Kier molecular flexibility index (Phi) is 12.9. The summed E-state index contributed by atoms with van der Waals surface area (Å²) in [5, 5.41) is 12.8. The first-order valence-electron chi connectivity index (χ1n) is 7.22. The molecule has 2 heteroatoms. The highest BCUT2D eigenvalue weighted by Crippen LogP contribution is 2.09. The van der Waals surface area contributed by atoms with Crippen LogP contribution in [0.2, 0.25) is 0 Å². The Morgan fingerprint density at radius 1 is 0.812 bits per heavy atom. The third-order valence-corrected chi connectivity index (χ3v) is 2.99. The SMILES string of the molecule is CCCCCCCCCC(O)NCCCC. The summed E-state index contributed by atoms with van der Waals surface area (Å²) in [6, 6.07) is 0. The molecule has 16 heavy (non-hydrogen) atoms. The lowest BCUT2D eigenvalue weighted by molar-refractivity contribution is 0.124. The van der Waals surface area contributed by atoms with Gasteiger partial charge < -0.3 is 5.11 Å². The van der Waals surface area contributed by atoms with E-state index in [9.17, 15) is 5.11 Å². The van der Waals surface area contributed by atoms with Crippen molar-refractivity contribution in [3.05, 3.63) is 0 Å². The molecule has 0 heterocycles. The molecule has 0 saturated carbocycles. The summed E-state index contributed by atoms with van der Waals surface area (Å²) in [4.78, 5) is 0. The molecule has 0 saturated heterocycles. The Balaban J connectivity index is 3.06. The first-order valence-corrected chi connectivity index (χ1v) is 7.22. The van der Waals surface area contributed by atoms with Crippen molar-refractivity contribution in [2.45, 2.75) is 84.3 Å². The van der Waals surface area contributed by atoms with Crippen molar-refractivity contribution in [2.75, 3.05) is 6.54 Å². The summed E-state index contributed by atoms with van der Waals surface area (Å²) in [7, 11) is 0. The van der Waals surface area contributed by atoms with Gasteiger partial charge in [-0.15, -0.1) is 0 Å². The summed E-state index contributed by atoms with van der Waals surface area (Å²) < 4.78 is 0. The van der Waals surface area contributed by atoms with Crippen molar-refractivity contribution >= 4 is 0 Å². The fourth-order valence-electron chi connectivity index (χ4n) is 1.84. The number of hydrogen-bond donors (Lipinski definition) is 2. The molecule has 0 aromatic heterocycles. The van der Waals surface area contributed by atoms with Crippen molar-refractivity contribution in [3.63, 3.8) is 0 Å². The van der Waals surface area contributed by atoms with E-state index in [0.29, 0.717) is 0 Å². The van der Waals surface area contributed by atoms with Gasteiger partial charge in [-0.3, -0.25) is 5.32 Å². The predicted octanol–water partition coefficient (Wildman–Crippen LogP) is 3.84. The molecule has 0 radical (unpaired) electrons. The lowest BCUT2D eigenvalue weighted by Gasteiger charge is -2.11. The molecule has 2 N–H and O–H groups in total. The van der Waals surface area contributed by atoms with Crippen LogP contribution in [0.5, 0.6) is 0 Å². The van der Waals surface area contributed by atoms with Gasteiger partial charge in [0.1, 0.15) is 6.23 Å². The molecule has 0 rings (SSSR count). The van der Waals surface area contributed by atoms with E-state index in [1.165, 1.54) is 44.9 Å². The summed E-state index contributed by atoms with van der Waals surface area (Å²) in [5.74, 6) is 0. The van der Waals surface area contributed by atoms with E-state index in [-0.39, 0.29) is 6.23 Å². The average molecular weight is 229 g/mol. The lowest BCUT2D eigenvalue weighted by atomic mass is 10.1. The van der Waals surface area contributed by atoms with Gasteiger partial charge in [-0.2, -0.15) is 0 Å². The molecular weight excluding hydrogens is 198 g/mol. The van der Waals surface area contributed by atoms with Crippen molar-refractivity contribution in [1.29, 1.82) is 0 Å². The van der Waals surface area contributed by atoms with E-state index >= 15 is 0 Å². The largest absolute Gasteiger partial charge is 0.379 e. The van der Waals surface area contributed by atoms with Crippen LogP contribution in [-0.2, 0) is 0 Å². The number of unbranched alkanes of at least 4 members (excludes halogenated alkanes) is 7. The number of aliphatic hydroxyl groups is 1. The van der Waals surface area contributed by atoms with E-state index in [1.54, 1.807) is 0 Å². The van der Waals surface area contributed by atoms with Crippen molar-refractivity contribution in [2.24, 2.45) is 0 Å². The molecule has 0 aliphatic rings. The predicted molar refractivity (Wildman–Crippen MR) is 71.5 cm³/mol. The second-order valence-corrected chi connectivity index (χ2v) is 4.73. The van der Waals surface area contributed by atoms with E-state index in [0.717, 1.165) is 25.8 Å². The molecule has 1 atom stereocenters. The van der Waals surface area contributed by atoms with Crippen molar-refractivity contribution < 1.29 is 5.11 Å². The Morgan fingerprint density at radius 3 is 2.00 bits per heavy atom. The molecule has 0 amide bonds. The summed E-state index contributed by atoms with van der Waals surface area (Å²) >= 11 is 0. The second-order valence-electron chi connectivity index (χ2n) is 4.73. The zero-order valence-corrected chi connectivity index (χ0v) is 11.3. The van der Waals surface area contributed by atoms with Crippen molar-refractivity contribution in [1.82, 2.24) is 5.32 Å². The topological polar surface area (TPSA) is 32.3 Å². The molecule has 98 valence electrons. The van der Waals surface area contributed by atoms with Crippen LogP contribution in [-0.4, -0.2) is 17.9 Å². The molecule has 1 unspecified atom stereocenters. The van der Waals surface area contributed by atoms with Crippen LogP contribution in [0.3, 0.4) is 0 Å².